The summed E-state index contributed by atoms with van der Waals surface area (Å²) in [7, 11) is 2.09. The summed E-state index contributed by atoms with van der Waals surface area (Å²) in [5, 5.41) is 3.13. The monoisotopic (exact) mass is 236 g/mol. The Hall–Kier alpha value is -1.32. The molecular weight excluding hydrogens is 212 g/mol. The topological polar surface area (TPSA) is 41.1 Å². The first kappa shape index (κ1) is 13.7. The molecule has 0 bridgehead atoms. The maximum Gasteiger partial charge on any atom is 0.224 e. The summed E-state index contributed by atoms with van der Waals surface area (Å²) >= 11 is 0. The number of rotatable bonds is 6. The van der Waals surface area contributed by atoms with E-state index >= 15 is 0 Å². The van der Waals surface area contributed by atoms with Gasteiger partial charge in [-0.05, 0) is 32.3 Å². The molecule has 1 atom stereocenters. The van der Waals surface area contributed by atoms with Crippen molar-refractivity contribution in [3.8, 4) is 0 Å². The van der Waals surface area contributed by atoms with Crippen LogP contribution in [0, 0.1) is 5.92 Å². The normalized spacial score (nSPS) is 12.6. The van der Waals surface area contributed by atoms with Crippen LogP contribution < -0.4 is 10.2 Å². The van der Waals surface area contributed by atoms with E-state index in [1.165, 1.54) is 0 Å². The van der Waals surface area contributed by atoms with E-state index in [-0.39, 0.29) is 0 Å². The third-order valence-corrected chi connectivity index (χ3v) is 2.81. The minimum absolute atomic E-state index is 0.486. The summed E-state index contributed by atoms with van der Waals surface area (Å²) in [6.07, 6.45) is 2.97. The molecule has 1 unspecified atom stereocenters. The van der Waals surface area contributed by atoms with Crippen molar-refractivity contribution in [2.75, 3.05) is 23.8 Å². The Morgan fingerprint density at radius 2 is 2.06 bits per heavy atom. The van der Waals surface area contributed by atoms with Gasteiger partial charge in [-0.15, -0.1) is 0 Å². The standard InChI is InChI=1S/C13H24N4/c1-6-14-13-15-8-7-12(16-13)17(5)11(4)9-10(2)3/h7-8,10-11H,6,9H2,1-5H3,(H,14,15,16). The van der Waals surface area contributed by atoms with Crippen LogP contribution in [0.2, 0.25) is 0 Å². The van der Waals surface area contributed by atoms with Gasteiger partial charge < -0.3 is 10.2 Å². The lowest BCUT2D eigenvalue weighted by Gasteiger charge is -2.27. The lowest BCUT2D eigenvalue weighted by molar-refractivity contribution is 0.502. The predicted molar refractivity (Wildman–Crippen MR) is 73.5 cm³/mol. The summed E-state index contributed by atoms with van der Waals surface area (Å²) in [5.74, 6) is 2.38. The summed E-state index contributed by atoms with van der Waals surface area (Å²) in [6, 6.07) is 2.44. The molecule has 4 heteroatoms. The van der Waals surface area contributed by atoms with Crippen molar-refractivity contribution in [1.29, 1.82) is 0 Å². The van der Waals surface area contributed by atoms with Gasteiger partial charge >= 0.3 is 0 Å². The SMILES string of the molecule is CCNc1nccc(N(C)C(C)CC(C)C)n1. The molecule has 0 fully saturated rings. The highest BCUT2D eigenvalue weighted by molar-refractivity contribution is 5.42. The zero-order chi connectivity index (χ0) is 12.8. The van der Waals surface area contributed by atoms with Gasteiger partial charge in [-0.1, -0.05) is 13.8 Å². The third kappa shape index (κ3) is 4.21. The minimum Gasteiger partial charge on any atom is -0.357 e. The molecule has 0 spiro atoms. The molecule has 0 saturated heterocycles. The van der Waals surface area contributed by atoms with E-state index in [0.717, 1.165) is 18.8 Å². The Labute approximate surface area is 104 Å². The van der Waals surface area contributed by atoms with Crippen LogP contribution in [0.15, 0.2) is 12.3 Å². The number of hydrogen-bond donors (Lipinski definition) is 1. The number of hydrogen-bond acceptors (Lipinski definition) is 4. The number of nitrogens with one attached hydrogen (secondary N) is 1. The van der Waals surface area contributed by atoms with Crippen LogP contribution in [0.3, 0.4) is 0 Å². The molecule has 1 aromatic rings. The second-order valence-corrected chi connectivity index (χ2v) is 4.86. The smallest absolute Gasteiger partial charge is 0.224 e. The van der Waals surface area contributed by atoms with Gasteiger partial charge in [-0.3, -0.25) is 0 Å². The molecule has 0 amide bonds. The van der Waals surface area contributed by atoms with Crippen LogP contribution in [-0.4, -0.2) is 29.6 Å². The van der Waals surface area contributed by atoms with Crippen LogP contribution in [-0.2, 0) is 0 Å². The number of aromatic nitrogens is 2. The molecule has 0 radical (unpaired) electrons. The molecule has 0 saturated carbocycles. The van der Waals surface area contributed by atoms with Crippen molar-refractivity contribution in [2.24, 2.45) is 5.92 Å². The van der Waals surface area contributed by atoms with Gasteiger partial charge in [0, 0.05) is 25.8 Å². The third-order valence-electron chi connectivity index (χ3n) is 2.81. The second kappa shape index (κ2) is 6.42. The number of nitrogens with zero attached hydrogens (tertiary/aromatic N) is 3. The summed E-state index contributed by atoms with van der Waals surface area (Å²) in [6.45, 7) is 9.60. The van der Waals surface area contributed by atoms with Crippen molar-refractivity contribution in [1.82, 2.24) is 9.97 Å². The van der Waals surface area contributed by atoms with Crippen LogP contribution in [0.5, 0.6) is 0 Å². The lowest BCUT2D eigenvalue weighted by Crippen LogP contribution is -2.30. The van der Waals surface area contributed by atoms with Crippen molar-refractivity contribution in [3.63, 3.8) is 0 Å². The van der Waals surface area contributed by atoms with Crippen molar-refractivity contribution in [2.45, 2.75) is 40.2 Å². The molecule has 96 valence electrons. The van der Waals surface area contributed by atoms with Gasteiger partial charge in [-0.2, -0.15) is 4.98 Å². The molecule has 1 heterocycles. The Kier molecular flexibility index (Phi) is 5.19. The van der Waals surface area contributed by atoms with E-state index < -0.39 is 0 Å². The quantitative estimate of drug-likeness (QED) is 0.824. The average Bonchev–Trinajstić information content (AvgIpc) is 2.28. The van der Waals surface area contributed by atoms with E-state index in [9.17, 15) is 0 Å². The lowest BCUT2D eigenvalue weighted by atomic mass is 10.0. The zero-order valence-electron chi connectivity index (χ0n) is 11.6. The molecule has 17 heavy (non-hydrogen) atoms. The molecule has 4 nitrogen and oxygen atoms in total. The maximum absolute atomic E-state index is 4.49. The second-order valence-electron chi connectivity index (χ2n) is 4.86. The fourth-order valence-electron chi connectivity index (χ4n) is 1.86. The predicted octanol–water partition coefficient (Wildman–Crippen LogP) is 2.78. The zero-order valence-corrected chi connectivity index (χ0v) is 11.6. The summed E-state index contributed by atoms with van der Waals surface area (Å²) < 4.78 is 0. The Morgan fingerprint density at radius 3 is 2.65 bits per heavy atom. The van der Waals surface area contributed by atoms with E-state index in [0.29, 0.717) is 17.9 Å². The molecule has 0 aliphatic rings. The Bertz CT molecular complexity index is 338. The van der Waals surface area contributed by atoms with Crippen LogP contribution >= 0.6 is 0 Å². The fourth-order valence-corrected chi connectivity index (χ4v) is 1.86. The van der Waals surface area contributed by atoms with Gasteiger partial charge in [0.05, 0.1) is 0 Å². The number of anilines is 2. The minimum atomic E-state index is 0.486. The van der Waals surface area contributed by atoms with E-state index in [1.807, 2.05) is 13.0 Å². The van der Waals surface area contributed by atoms with Gasteiger partial charge in [0.2, 0.25) is 5.95 Å². The fraction of sp³-hybridized carbons (Fsp3) is 0.692. The molecule has 0 aromatic carbocycles. The van der Waals surface area contributed by atoms with E-state index in [4.69, 9.17) is 0 Å². The maximum atomic E-state index is 4.49. The molecule has 0 aliphatic carbocycles. The van der Waals surface area contributed by atoms with Gasteiger partial charge in [0.1, 0.15) is 5.82 Å². The molecule has 1 rings (SSSR count). The van der Waals surface area contributed by atoms with Crippen molar-refractivity contribution < 1.29 is 0 Å². The Balaban J connectivity index is 2.73. The van der Waals surface area contributed by atoms with E-state index in [1.54, 1.807) is 6.20 Å². The van der Waals surface area contributed by atoms with Crippen LogP contribution in [0.1, 0.15) is 34.1 Å². The largest absolute Gasteiger partial charge is 0.357 e. The van der Waals surface area contributed by atoms with Crippen molar-refractivity contribution >= 4 is 11.8 Å². The molecule has 0 aliphatic heterocycles. The molecule has 1 N–H and O–H groups in total. The molecular formula is C13H24N4. The molecule has 1 aromatic heterocycles. The highest BCUT2D eigenvalue weighted by atomic mass is 15.2. The van der Waals surface area contributed by atoms with Crippen LogP contribution in [0.25, 0.3) is 0 Å². The highest BCUT2D eigenvalue weighted by Crippen LogP contribution is 2.17. The highest BCUT2D eigenvalue weighted by Gasteiger charge is 2.13. The summed E-state index contributed by atoms with van der Waals surface area (Å²) in [5.41, 5.74) is 0. The average molecular weight is 236 g/mol. The first-order valence-corrected chi connectivity index (χ1v) is 6.34. The first-order valence-electron chi connectivity index (χ1n) is 6.34. The Morgan fingerprint density at radius 1 is 1.35 bits per heavy atom. The van der Waals surface area contributed by atoms with Crippen molar-refractivity contribution in [3.05, 3.63) is 12.3 Å². The van der Waals surface area contributed by atoms with Gasteiger partial charge in [0.15, 0.2) is 0 Å². The van der Waals surface area contributed by atoms with Gasteiger partial charge in [-0.25, -0.2) is 4.98 Å². The first-order chi connectivity index (χ1) is 8.04. The van der Waals surface area contributed by atoms with E-state index in [2.05, 4.69) is 48.0 Å². The van der Waals surface area contributed by atoms with Gasteiger partial charge in [0.25, 0.3) is 0 Å². The van der Waals surface area contributed by atoms with Crippen LogP contribution in [0.4, 0.5) is 11.8 Å². The summed E-state index contributed by atoms with van der Waals surface area (Å²) in [4.78, 5) is 10.9.